The van der Waals surface area contributed by atoms with E-state index in [1.165, 1.54) is 30.3 Å². The predicted octanol–water partition coefficient (Wildman–Crippen LogP) is 4.50. The molecule has 6 rings (SSSR count). The maximum Gasteiger partial charge on any atom is 0.573 e. The lowest BCUT2D eigenvalue weighted by Gasteiger charge is -2.60. The largest absolute Gasteiger partial charge is 0.573 e. The molecule has 2 N–H and O–H groups in total. The Bertz CT molecular complexity index is 1370. The van der Waals surface area contributed by atoms with Gasteiger partial charge in [-0.1, -0.05) is 42.8 Å². The van der Waals surface area contributed by atoms with E-state index in [2.05, 4.69) is 24.1 Å². The first-order valence-electron chi connectivity index (χ1n) is 13.9. The van der Waals surface area contributed by atoms with Crippen LogP contribution in [-0.2, 0) is 23.8 Å². The highest BCUT2D eigenvalue weighted by Crippen LogP contribution is 2.66. The van der Waals surface area contributed by atoms with Crippen LogP contribution in [0.15, 0.2) is 59.4 Å². The van der Waals surface area contributed by atoms with E-state index < -0.39 is 41.6 Å². The van der Waals surface area contributed by atoms with E-state index in [0.29, 0.717) is 12.0 Å². The van der Waals surface area contributed by atoms with E-state index in [-0.39, 0.29) is 17.1 Å². The Morgan fingerprint density at radius 3 is 2.59 bits per heavy atom. The highest BCUT2D eigenvalue weighted by Gasteiger charge is 2.71. The monoisotopic (exact) mass is 575 g/mol. The molecule has 220 valence electrons. The number of hydrogen-bond acceptors (Lipinski definition) is 6. The van der Waals surface area contributed by atoms with Crippen molar-refractivity contribution in [3.8, 4) is 0 Å². The standard InChI is InChI=1S/C30H33F3N2O6/c1-17(36)40-29(34-27(38)25(41-30(31,32)33)24(37)18-8-5-4-6-9-18)13-12-19-16-21-20-10-7-11-22-28(20,14-15-35(21,2)3)23(19)26(29)39-22/h4-6,8-9,12-13,20-22,26H,7,10-11,14-16H2,1-3H3,(H-,34,37,38)/p+1/t20-,21+,22-,26?,28+,29?/m0/s1. The summed E-state index contributed by atoms with van der Waals surface area (Å²) < 4.78 is 57.8. The van der Waals surface area contributed by atoms with Gasteiger partial charge < -0.3 is 29.1 Å². The fourth-order valence-electron chi connectivity index (χ4n) is 8.17. The average molecular weight is 576 g/mol. The van der Waals surface area contributed by atoms with Crippen molar-refractivity contribution in [3.05, 3.63) is 65.0 Å². The minimum Gasteiger partial charge on any atom is -0.504 e. The number of carbonyl (C=O) groups excluding carboxylic acids is 2. The molecule has 3 fully saturated rings. The highest BCUT2D eigenvalue weighted by molar-refractivity contribution is 5.98. The van der Waals surface area contributed by atoms with E-state index in [0.717, 1.165) is 61.2 Å². The van der Waals surface area contributed by atoms with Crippen molar-refractivity contribution in [1.82, 2.24) is 5.32 Å². The van der Waals surface area contributed by atoms with Crippen LogP contribution in [0, 0.1) is 11.3 Å². The van der Waals surface area contributed by atoms with Crippen LogP contribution in [-0.4, -0.2) is 72.4 Å². The zero-order valence-corrected chi connectivity index (χ0v) is 23.2. The van der Waals surface area contributed by atoms with E-state index in [4.69, 9.17) is 9.47 Å². The third-order valence-electron chi connectivity index (χ3n) is 9.75. The topological polar surface area (TPSA) is 94.1 Å². The number of allylic oxidation sites excluding steroid dienone is 1. The van der Waals surface area contributed by atoms with E-state index >= 15 is 0 Å². The first-order chi connectivity index (χ1) is 19.3. The number of quaternary nitrogens is 1. The van der Waals surface area contributed by atoms with Gasteiger partial charge in [0.2, 0.25) is 11.5 Å². The van der Waals surface area contributed by atoms with Crippen LogP contribution >= 0.6 is 0 Å². The van der Waals surface area contributed by atoms with Crippen molar-refractivity contribution in [3.63, 3.8) is 0 Å². The van der Waals surface area contributed by atoms with Crippen LogP contribution in [0.1, 0.15) is 44.6 Å². The van der Waals surface area contributed by atoms with Gasteiger partial charge in [0.15, 0.2) is 5.76 Å². The molecule has 6 atom stereocenters. The molecule has 8 nitrogen and oxygen atoms in total. The number of nitrogens with zero attached hydrogens (tertiary/aromatic N) is 1. The lowest BCUT2D eigenvalue weighted by atomic mass is 9.50. The summed E-state index contributed by atoms with van der Waals surface area (Å²) in [5.41, 5.74) is -0.258. The summed E-state index contributed by atoms with van der Waals surface area (Å²) in [5, 5.41) is 13.2. The second-order valence-corrected chi connectivity index (χ2v) is 12.3. The molecule has 0 radical (unpaired) electrons. The number of carbonyl (C=O) groups is 2. The third kappa shape index (κ3) is 4.35. The van der Waals surface area contributed by atoms with E-state index in [1.807, 2.05) is 6.08 Å². The third-order valence-corrected chi connectivity index (χ3v) is 9.75. The van der Waals surface area contributed by atoms with Gasteiger partial charge >= 0.3 is 12.3 Å². The maximum atomic E-state index is 13.6. The molecule has 41 heavy (non-hydrogen) atoms. The number of hydrogen-bond donors (Lipinski definition) is 2. The van der Waals surface area contributed by atoms with Gasteiger partial charge in [-0.15, -0.1) is 13.2 Å². The van der Waals surface area contributed by atoms with Crippen molar-refractivity contribution in [2.24, 2.45) is 11.3 Å². The molecule has 1 amide bonds. The normalized spacial score (nSPS) is 35.3. The van der Waals surface area contributed by atoms with Gasteiger partial charge in [-0.2, -0.15) is 0 Å². The summed E-state index contributed by atoms with van der Waals surface area (Å²) in [6.45, 7) is 2.09. The number of esters is 1. The molecule has 2 bridgehead atoms. The predicted molar refractivity (Wildman–Crippen MR) is 140 cm³/mol. The number of benzene rings is 1. The van der Waals surface area contributed by atoms with Crippen LogP contribution in [0.4, 0.5) is 13.2 Å². The molecule has 2 heterocycles. The van der Waals surface area contributed by atoms with Crippen molar-refractivity contribution in [1.29, 1.82) is 0 Å². The second kappa shape index (κ2) is 9.35. The van der Waals surface area contributed by atoms with Crippen LogP contribution in [0.2, 0.25) is 0 Å². The molecule has 1 spiro atoms. The fourth-order valence-corrected chi connectivity index (χ4v) is 8.17. The Morgan fingerprint density at radius 1 is 1.17 bits per heavy atom. The smallest absolute Gasteiger partial charge is 0.504 e. The highest BCUT2D eigenvalue weighted by atomic mass is 19.4. The van der Waals surface area contributed by atoms with Crippen molar-refractivity contribution in [2.45, 2.75) is 69.4 Å². The molecular formula is C30H34F3N2O6+. The number of amides is 1. The number of ether oxygens (including phenoxy) is 3. The van der Waals surface area contributed by atoms with Crippen LogP contribution in [0.5, 0.6) is 0 Å². The summed E-state index contributed by atoms with van der Waals surface area (Å²) in [4.78, 5) is 26.1. The first-order valence-corrected chi connectivity index (χ1v) is 13.9. The van der Waals surface area contributed by atoms with Gasteiger partial charge in [0, 0.05) is 36.7 Å². The number of aliphatic hydroxyl groups is 1. The van der Waals surface area contributed by atoms with Gasteiger partial charge in [-0.05, 0) is 30.1 Å². The lowest BCUT2D eigenvalue weighted by Crippen LogP contribution is -2.67. The average Bonchev–Trinajstić information content (AvgIpc) is 3.25. The molecule has 1 aromatic carbocycles. The van der Waals surface area contributed by atoms with Crippen LogP contribution in [0.25, 0.3) is 5.76 Å². The quantitative estimate of drug-likeness (QED) is 0.177. The minimum absolute atomic E-state index is 0.0567. The molecule has 2 aliphatic heterocycles. The van der Waals surface area contributed by atoms with Gasteiger partial charge in [0.05, 0.1) is 32.8 Å². The lowest BCUT2D eigenvalue weighted by molar-refractivity contribution is -0.928. The van der Waals surface area contributed by atoms with Gasteiger partial charge in [0.1, 0.15) is 6.10 Å². The summed E-state index contributed by atoms with van der Waals surface area (Å²) in [5.74, 6) is -4.20. The number of nitrogens with one attached hydrogen (secondary N) is 1. The maximum absolute atomic E-state index is 13.6. The van der Waals surface area contributed by atoms with E-state index in [1.54, 1.807) is 6.07 Å². The van der Waals surface area contributed by atoms with E-state index in [9.17, 15) is 27.9 Å². The summed E-state index contributed by atoms with van der Waals surface area (Å²) in [7, 11) is 4.51. The molecule has 5 aliphatic rings. The molecule has 3 aliphatic carbocycles. The van der Waals surface area contributed by atoms with Gasteiger partial charge in [0.25, 0.3) is 5.91 Å². The molecule has 1 aromatic rings. The summed E-state index contributed by atoms with van der Waals surface area (Å²) >= 11 is 0. The molecule has 0 aromatic heterocycles. The molecule has 2 saturated heterocycles. The Balaban J connectivity index is 1.43. The van der Waals surface area contributed by atoms with Crippen molar-refractivity contribution < 1.29 is 46.6 Å². The number of piperidine rings is 1. The van der Waals surface area contributed by atoms with Crippen molar-refractivity contribution >= 4 is 17.6 Å². The summed E-state index contributed by atoms with van der Waals surface area (Å²) in [6.07, 6.45) is 1.37. The fraction of sp³-hybridized carbons (Fsp3) is 0.533. The second-order valence-electron chi connectivity index (χ2n) is 12.3. The summed E-state index contributed by atoms with van der Waals surface area (Å²) in [6, 6.07) is 7.67. The molecule has 1 saturated carbocycles. The molecular weight excluding hydrogens is 541 g/mol. The number of likely N-dealkylation sites (tertiary alicyclic amines) is 1. The Labute approximate surface area is 236 Å². The number of aliphatic hydroxyl groups excluding tert-OH is 1. The minimum atomic E-state index is -5.28. The van der Waals surface area contributed by atoms with Crippen LogP contribution < -0.4 is 5.32 Å². The Kier molecular flexibility index (Phi) is 6.35. The zero-order chi connectivity index (χ0) is 29.4. The number of alkyl halides is 3. The van der Waals surface area contributed by atoms with Gasteiger partial charge in [-0.3, -0.25) is 9.59 Å². The Morgan fingerprint density at radius 2 is 1.90 bits per heavy atom. The van der Waals surface area contributed by atoms with Crippen LogP contribution in [0.3, 0.4) is 0 Å². The van der Waals surface area contributed by atoms with Gasteiger partial charge in [-0.25, -0.2) is 0 Å². The number of rotatable bonds is 5. The van der Waals surface area contributed by atoms with Crippen molar-refractivity contribution in [2.75, 3.05) is 20.6 Å². The SMILES string of the molecule is CC(=O)OC1(NC(=O)C(OC(F)(F)F)=C(O)c2ccccc2)C=CC2=C3C1O[C@H]1CCC[C@H]4[C@@H](C2)[N+](C)(C)CC[C@]314. The zero-order valence-electron chi connectivity index (χ0n) is 23.2. The molecule has 2 unspecified atom stereocenters. The molecule has 11 heteroatoms. The number of halogens is 3. The Hall–Kier alpha value is -3.31. The first kappa shape index (κ1) is 27.8.